The number of nitrogens with one attached hydrogen (secondary N) is 1. The molecular weight excluding hydrogens is 328 g/mol. The number of anilines is 1. The monoisotopic (exact) mass is 346 g/mol. The molecule has 0 radical (unpaired) electrons. The number of allylic oxidation sites excluding steroid dienone is 4. The number of nitrogens with zero attached hydrogens (tertiary/aromatic N) is 1. The summed E-state index contributed by atoms with van der Waals surface area (Å²) < 4.78 is 0. The number of aromatic hydroxyl groups is 1. The average molecular weight is 347 g/mol. The fourth-order valence-electron chi connectivity index (χ4n) is 4.54. The summed E-state index contributed by atoms with van der Waals surface area (Å²) in [5.74, 6) is 0.674. The van der Waals surface area contributed by atoms with Crippen molar-refractivity contribution in [3.63, 3.8) is 0 Å². The van der Waals surface area contributed by atoms with E-state index in [-0.39, 0.29) is 34.3 Å². The number of nitro benzene ring substituents is 1. The maximum Gasteiger partial charge on any atom is 0.293 e. The maximum absolute atomic E-state index is 11.6. The van der Waals surface area contributed by atoms with E-state index in [4.69, 9.17) is 11.6 Å². The van der Waals surface area contributed by atoms with Gasteiger partial charge in [0.1, 0.15) is 10.8 Å². The van der Waals surface area contributed by atoms with Crippen LogP contribution < -0.4 is 5.32 Å². The van der Waals surface area contributed by atoms with Gasteiger partial charge in [0.25, 0.3) is 5.69 Å². The fraction of sp³-hybridized carbons (Fsp3) is 0.444. The van der Waals surface area contributed by atoms with Crippen LogP contribution in [0.1, 0.15) is 37.2 Å². The third-order valence-corrected chi connectivity index (χ3v) is 5.88. The van der Waals surface area contributed by atoms with Crippen LogP contribution in [0.15, 0.2) is 30.4 Å². The van der Waals surface area contributed by atoms with Crippen LogP contribution in [0.4, 0.5) is 11.4 Å². The molecule has 0 saturated carbocycles. The second-order valence-corrected chi connectivity index (χ2v) is 7.25. The SMILES string of the molecule is O=[N+]([O-])c1c(Cl)cc(O)c2c1[C@@H]1C=CC[C@@H]1[C@H]([C@@H]1CC=CCC1)N2. The minimum Gasteiger partial charge on any atom is -0.506 e. The van der Waals surface area contributed by atoms with Crippen molar-refractivity contribution in [1.29, 1.82) is 0 Å². The van der Waals surface area contributed by atoms with Gasteiger partial charge in [0.05, 0.1) is 16.2 Å². The lowest BCUT2D eigenvalue weighted by Gasteiger charge is -2.41. The minimum absolute atomic E-state index is 0.00357. The summed E-state index contributed by atoms with van der Waals surface area (Å²) in [6.45, 7) is 0. The molecule has 1 aliphatic heterocycles. The summed E-state index contributed by atoms with van der Waals surface area (Å²) in [4.78, 5) is 11.1. The highest BCUT2D eigenvalue weighted by Crippen LogP contribution is 2.54. The van der Waals surface area contributed by atoms with Crippen LogP contribution in [0.25, 0.3) is 0 Å². The highest BCUT2D eigenvalue weighted by atomic mass is 35.5. The van der Waals surface area contributed by atoms with Gasteiger partial charge < -0.3 is 10.4 Å². The van der Waals surface area contributed by atoms with Crippen LogP contribution in [0.3, 0.4) is 0 Å². The molecule has 4 atom stereocenters. The largest absolute Gasteiger partial charge is 0.506 e. The van der Waals surface area contributed by atoms with Gasteiger partial charge in [-0.3, -0.25) is 10.1 Å². The molecular formula is C18H19ClN2O3. The van der Waals surface area contributed by atoms with E-state index in [2.05, 4.69) is 23.5 Å². The zero-order valence-electron chi connectivity index (χ0n) is 13.1. The number of rotatable bonds is 2. The number of nitro groups is 1. The summed E-state index contributed by atoms with van der Waals surface area (Å²) in [5, 5.41) is 25.4. The van der Waals surface area contributed by atoms with E-state index in [1.54, 1.807) is 0 Å². The van der Waals surface area contributed by atoms with Crippen LogP contribution in [0.5, 0.6) is 5.75 Å². The van der Waals surface area contributed by atoms with Crippen LogP contribution in [0.2, 0.25) is 5.02 Å². The van der Waals surface area contributed by atoms with E-state index in [0.29, 0.717) is 17.2 Å². The molecule has 0 bridgehead atoms. The Labute approximate surface area is 145 Å². The van der Waals surface area contributed by atoms with Crippen molar-refractivity contribution in [1.82, 2.24) is 0 Å². The van der Waals surface area contributed by atoms with Crippen molar-refractivity contribution >= 4 is 23.0 Å². The Hall–Kier alpha value is -2.01. The lowest BCUT2D eigenvalue weighted by atomic mass is 9.71. The Morgan fingerprint density at radius 3 is 2.83 bits per heavy atom. The second kappa shape index (κ2) is 5.81. The standard InChI is InChI=1S/C18H19ClN2O3/c19-13-9-14(22)17-15(18(13)21(23)24)11-7-4-8-12(11)16(20-17)10-5-2-1-3-6-10/h1-2,4,7,9-12,16,20,22H,3,5-6,8H2/t10-,11-,12+,16+/m1/s1. The molecule has 3 aliphatic rings. The molecule has 2 aliphatic carbocycles. The molecule has 5 nitrogen and oxygen atoms in total. The van der Waals surface area contributed by atoms with Crippen molar-refractivity contribution in [2.24, 2.45) is 11.8 Å². The summed E-state index contributed by atoms with van der Waals surface area (Å²) in [5.41, 5.74) is 0.935. The van der Waals surface area contributed by atoms with Crippen LogP contribution in [-0.4, -0.2) is 16.1 Å². The van der Waals surface area contributed by atoms with Crippen LogP contribution in [-0.2, 0) is 0 Å². The topological polar surface area (TPSA) is 75.4 Å². The van der Waals surface area contributed by atoms with Gasteiger partial charge in [-0.25, -0.2) is 0 Å². The molecule has 2 N–H and O–H groups in total. The van der Waals surface area contributed by atoms with E-state index in [1.165, 1.54) is 6.07 Å². The Morgan fingerprint density at radius 2 is 2.12 bits per heavy atom. The summed E-state index contributed by atoms with van der Waals surface area (Å²) >= 11 is 6.07. The number of benzene rings is 1. The third kappa shape index (κ3) is 2.30. The Morgan fingerprint density at radius 1 is 1.29 bits per heavy atom. The number of hydrogen-bond acceptors (Lipinski definition) is 4. The van der Waals surface area contributed by atoms with Gasteiger partial charge in [0, 0.05) is 18.0 Å². The van der Waals surface area contributed by atoms with Crippen molar-refractivity contribution in [2.75, 3.05) is 5.32 Å². The van der Waals surface area contributed by atoms with E-state index >= 15 is 0 Å². The summed E-state index contributed by atoms with van der Waals surface area (Å²) in [6.07, 6.45) is 12.6. The lowest BCUT2D eigenvalue weighted by Crippen LogP contribution is -2.42. The van der Waals surface area contributed by atoms with Crippen molar-refractivity contribution in [3.8, 4) is 5.75 Å². The molecule has 0 spiro atoms. The maximum atomic E-state index is 11.6. The van der Waals surface area contributed by atoms with Crippen molar-refractivity contribution < 1.29 is 10.0 Å². The first-order chi connectivity index (χ1) is 11.6. The van der Waals surface area contributed by atoms with Gasteiger partial charge in [0.15, 0.2) is 0 Å². The van der Waals surface area contributed by atoms with Crippen molar-refractivity contribution in [3.05, 3.63) is 51.1 Å². The fourth-order valence-corrected chi connectivity index (χ4v) is 4.82. The highest BCUT2D eigenvalue weighted by Gasteiger charge is 2.45. The Balaban J connectivity index is 1.84. The molecule has 0 aromatic heterocycles. The first-order valence-corrected chi connectivity index (χ1v) is 8.73. The molecule has 4 rings (SSSR count). The van der Waals surface area contributed by atoms with Gasteiger partial charge in [-0.2, -0.15) is 0 Å². The molecule has 1 heterocycles. The Bertz CT molecular complexity index is 759. The van der Waals surface area contributed by atoms with Gasteiger partial charge >= 0.3 is 0 Å². The van der Waals surface area contributed by atoms with Gasteiger partial charge in [-0.15, -0.1) is 0 Å². The molecule has 126 valence electrons. The minimum atomic E-state index is -0.435. The summed E-state index contributed by atoms with van der Waals surface area (Å²) in [6, 6.07) is 1.48. The van der Waals surface area contributed by atoms with Crippen LogP contribution in [0, 0.1) is 22.0 Å². The predicted octanol–water partition coefficient (Wildman–Crippen LogP) is 4.76. The van der Waals surface area contributed by atoms with E-state index in [0.717, 1.165) is 25.7 Å². The number of phenols is 1. The first kappa shape index (κ1) is 15.5. The van der Waals surface area contributed by atoms with E-state index in [1.807, 2.05) is 6.08 Å². The average Bonchev–Trinajstić information content (AvgIpc) is 3.04. The Kier molecular flexibility index (Phi) is 3.76. The molecule has 1 aromatic rings. The zero-order chi connectivity index (χ0) is 16.8. The number of phenolic OH excluding ortho intramolecular Hbond substituents is 1. The van der Waals surface area contributed by atoms with E-state index < -0.39 is 4.92 Å². The van der Waals surface area contributed by atoms with E-state index in [9.17, 15) is 15.2 Å². The molecule has 1 aromatic carbocycles. The zero-order valence-corrected chi connectivity index (χ0v) is 13.9. The highest BCUT2D eigenvalue weighted by molar-refractivity contribution is 6.33. The smallest absolute Gasteiger partial charge is 0.293 e. The second-order valence-electron chi connectivity index (χ2n) is 6.84. The van der Waals surface area contributed by atoms with Gasteiger partial charge in [-0.05, 0) is 37.5 Å². The quantitative estimate of drug-likeness (QED) is 0.350. The molecule has 0 fully saturated rings. The predicted molar refractivity (Wildman–Crippen MR) is 93.7 cm³/mol. The third-order valence-electron chi connectivity index (χ3n) is 5.59. The molecule has 24 heavy (non-hydrogen) atoms. The molecule has 0 saturated heterocycles. The van der Waals surface area contributed by atoms with Crippen LogP contribution >= 0.6 is 11.6 Å². The normalized spacial score (nSPS) is 30.5. The molecule has 0 amide bonds. The van der Waals surface area contributed by atoms with Gasteiger partial charge in [0.2, 0.25) is 0 Å². The lowest BCUT2D eigenvalue weighted by molar-refractivity contribution is -0.385. The summed E-state index contributed by atoms with van der Waals surface area (Å²) in [7, 11) is 0. The number of hydrogen-bond donors (Lipinski definition) is 2. The molecule has 6 heteroatoms. The van der Waals surface area contributed by atoms with Gasteiger partial charge in [-0.1, -0.05) is 35.9 Å². The molecule has 0 unspecified atom stereocenters. The first-order valence-electron chi connectivity index (χ1n) is 8.36. The van der Waals surface area contributed by atoms with Crippen molar-refractivity contribution in [2.45, 2.75) is 37.6 Å². The number of fused-ring (bicyclic) bond motifs is 3. The number of halogens is 1.